The van der Waals surface area contributed by atoms with E-state index in [1.807, 2.05) is 12.1 Å². The molecular weight excluding hydrogens is 360 g/mol. The fraction of sp³-hybridized carbons (Fsp3) is 0.278. The summed E-state index contributed by atoms with van der Waals surface area (Å²) in [5.41, 5.74) is 2.11. The Morgan fingerprint density at radius 1 is 1.08 bits per heavy atom. The van der Waals surface area contributed by atoms with Crippen LogP contribution in [-0.4, -0.2) is 27.1 Å². The maximum Gasteiger partial charge on any atom is 0.245 e. The standard InChI is InChI=1S/C18H21ClN2O3S/c1-13(2)14-4-10-17(11-5-14)21(25(3,23)24)12-18(22)20-16-8-6-15(19)7-9-16/h4-11,13H,12H2,1-3H3,(H,20,22). The number of sulfonamides is 1. The summed E-state index contributed by atoms with van der Waals surface area (Å²) in [6.45, 7) is 3.81. The second-order valence-electron chi connectivity index (χ2n) is 6.07. The van der Waals surface area contributed by atoms with Crippen molar-refractivity contribution in [3.8, 4) is 0 Å². The third kappa shape index (κ3) is 5.47. The van der Waals surface area contributed by atoms with E-state index in [9.17, 15) is 13.2 Å². The van der Waals surface area contributed by atoms with Gasteiger partial charge in [-0.15, -0.1) is 0 Å². The van der Waals surface area contributed by atoms with Crippen LogP contribution in [0.3, 0.4) is 0 Å². The highest BCUT2D eigenvalue weighted by atomic mass is 35.5. The molecule has 0 atom stereocenters. The van der Waals surface area contributed by atoms with Crippen LogP contribution in [0.15, 0.2) is 48.5 Å². The van der Waals surface area contributed by atoms with Crippen LogP contribution in [0.2, 0.25) is 5.02 Å². The fourth-order valence-corrected chi connectivity index (χ4v) is 3.27. The van der Waals surface area contributed by atoms with Gasteiger partial charge in [0, 0.05) is 10.7 Å². The number of rotatable bonds is 6. The molecule has 0 saturated carbocycles. The minimum atomic E-state index is -3.59. The second-order valence-corrected chi connectivity index (χ2v) is 8.41. The van der Waals surface area contributed by atoms with Crippen LogP contribution in [0, 0.1) is 0 Å². The largest absolute Gasteiger partial charge is 0.325 e. The van der Waals surface area contributed by atoms with Gasteiger partial charge < -0.3 is 5.32 Å². The Kier molecular flexibility index (Phi) is 6.08. The molecule has 1 N–H and O–H groups in total. The van der Waals surface area contributed by atoms with Gasteiger partial charge in [0.15, 0.2) is 0 Å². The van der Waals surface area contributed by atoms with Gasteiger partial charge in [-0.1, -0.05) is 37.6 Å². The predicted molar refractivity (Wildman–Crippen MR) is 103 cm³/mol. The van der Waals surface area contributed by atoms with Crippen LogP contribution >= 0.6 is 11.6 Å². The van der Waals surface area contributed by atoms with Gasteiger partial charge in [0.25, 0.3) is 0 Å². The molecule has 0 aliphatic heterocycles. The van der Waals surface area contributed by atoms with E-state index in [4.69, 9.17) is 11.6 Å². The van der Waals surface area contributed by atoms with Gasteiger partial charge in [-0.25, -0.2) is 8.42 Å². The quantitative estimate of drug-likeness (QED) is 0.827. The molecule has 1 amide bonds. The molecule has 7 heteroatoms. The Hall–Kier alpha value is -2.05. The third-order valence-corrected chi connectivity index (χ3v) is 5.06. The molecule has 0 spiro atoms. The number of amides is 1. The zero-order valence-corrected chi connectivity index (χ0v) is 15.9. The lowest BCUT2D eigenvalue weighted by atomic mass is 10.0. The summed E-state index contributed by atoms with van der Waals surface area (Å²) in [7, 11) is -3.59. The molecule has 0 bridgehead atoms. The van der Waals surface area contributed by atoms with E-state index >= 15 is 0 Å². The predicted octanol–water partition coefficient (Wildman–Crippen LogP) is 3.87. The van der Waals surface area contributed by atoms with E-state index in [1.165, 1.54) is 0 Å². The van der Waals surface area contributed by atoms with Crippen molar-refractivity contribution in [3.63, 3.8) is 0 Å². The number of anilines is 2. The Bertz CT molecular complexity index is 832. The normalized spacial score (nSPS) is 11.4. The van der Waals surface area contributed by atoms with Crippen LogP contribution in [0.5, 0.6) is 0 Å². The number of benzene rings is 2. The molecule has 0 aliphatic rings. The number of hydrogen-bond donors (Lipinski definition) is 1. The molecule has 0 saturated heterocycles. The Balaban J connectivity index is 2.17. The molecule has 0 radical (unpaired) electrons. The first kappa shape index (κ1) is 19.3. The van der Waals surface area contributed by atoms with Crippen molar-refractivity contribution in [2.75, 3.05) is 22.4 Å². The first-order chi connectivity index (χ1) is 11.7. The van der Waals surface area contributed by atoms with Crippen molar-refractivity contribution in [1.82, 2.24) is 0 Å². The number of carbonyl (C=O) groups is 1. The zero-order chi connectivity index (χ0) is 18.6. The average molecular weight is 381 g/mol. The highest BCUT2D eigenvalue weighted by molar-refractivity contribution is 7.92. The molecule has 0 aliphatic carbocycles. The van der Waals surface area contributed by atoms with E-state index in [0.717, 1.165) is 16.1 Å². The van der Waals surface area contributed by atoms with Gasteiger partial charge in [0.05, 0.1) is 11.9 Å². The maximum absolute atomic E-state index is 12.3. The molecule has 25 heavy (non-hydrogen) atoms. The van der Waals surface area contributed by atoms with E-state index in [-0.39, 0.29) is 6.54 Å². The Morgan fingerprint density at radius 2 is 1.64 bits per heavy atom. The van der Waals surface area contributed by atoms with Crippen molar-refractivity contribution in [3.05, 3.63) is 59.1 Å². The van der Waals surface area contributed by atoms with Crippen LogP contribution < -0.4 is 9.62 Å². The van der Waals surface area contributed by atoms with Gasteiger partial charge in [-0.3, -0.25) is 9.10 Å². The Morgan fingerprint density at radius 3 is 2.12 bits per heavy atom. The van der Waals surface area contributed by atoms with Crippen LogP contribution in [0.25, 0.3) is 0 Å². The smallest absolute Gasteiger partial charge is 0.245 e. The lowest BCUT2D eigenvalue weighted by molar-refractivity contribution is -0.114. The van der Waals surface area contributed by atoms with Crippen molar-refractivity contribution in [2.24, 2.45) is 0 Å². The van der Waals surface area contributed by atoms with Crippen molar-refractivity contribution in [1.29, 1.82) is 0 Å². The molecule has 0 heterocycles. The van der Waals surface area contributed by atoms with Crippen LogP contribution in [0.1, 0.15) is 25.3 Å². The molecule has 2 aromatic rings. The SMILES string of the molecule is CC(C)c1ccc(N(CC(=O)Nc2ccc(Cl)cc2)S(C)(=O)=O)cc1. The molecule has 0 aromatic heterocycles. The topological polar surface area (TPSA) is 66.5 Å². The molecule has 0 unspecified atom stereocenters. The summed E-state index contributed by atoms with van der Waals surface area (Å²) in [4.78, 5) is 12.3. The third-order valence-electron chi connectivity index (χ3n) is 3.66. The van der Waals surface area contributed by atoms with E-state index in [0.29, 0.717) is 22.3 Å². The number of nitrogens with one attached hydrogen (secondary N) is 1. The van der Waals surface area contributed by atoms with Crippen LogP contribution in [0.4, 0.5) is 11.4 Å². The van der Waals surface area contributed by atoms with Gasteiger partial charge in [-0.05, 0) is 47.9 Å². The van der Waals surface area contributed by atoms with Crippen molar-refractivity contribution < 1.29 is 13.2 Å². The lowest BCUT2D eigenvalue weighted by Gasteiger charge is -2.22. The molecule has 5 nitrogen and oxygen atoms in total. The van der Waals surface area contributed by atoms with Crippen molar-refractivity contribution >= 4 is 38.9 Å². The molecule has 0 fully saturated rings. The number of carbonyl (C=O) groups excluding carboxylic acids is 1. The van der Waals surface area contributed by atoms with E-state index in [2.05, 4.69) is 19.2 Å². The Labute approximate surface area is 153 Å². The van der Waals surface area contributed by atoms with Gasteiger partial charge in [-0.2, -0.15) is 0 Å². The number of nitrogens with zero attached hydrogens (tertiary/aromatic N) is 1. The molecule has 2 aromatic carbocycles. The highest BCUT2D eigenvalue weighted by Crippen LogP contribution is 2.22. The monoisotopic (exact) mass is 380 g/mol. The summed E-state index contributed by atoms with van der Waals surface area (Å²) in [6, 6.07) is 13.8. The first-order valence-corrected chi connectivity index (χ1v) is 10.0. The second kappa shape index (κ2) is 7.89. The minimum absolute atomic E-state index is 0.303. The maximum atomic E-state index is 12.3. The van der Waals surface area contributed by atoms with Gasteiger partial charge in [0.1, 0.15) is 6.54 Å². The fourth-order valence-electron chi connectivity index (χ4n) is 2.29. The van der Waals surface area contributed by atoms with Crippen LogP contribution in [-0.2, 0) is 14.8 Å². The first-order valence-electron chi connectivity index (χ1n) is 7.80. The van der Waals surface area contributed by atoms with Gasteiger partial charge >= 0.3 is 0 Å². The van der Waals surface area contributed by atoms with E-state index in [1.54, 1.807) is 36.4 Å². The summed E-state index contributed by atoms with van der Waals surface area (Å²) in [5.74, 6) is -0.0883. The number of hydrogen-bond acceptors (Lipinski definition) is 3. The lowest BCUT2D eigenvalue weighted by Crippen LogP contribution is -2.37. The van der Waals surface area contributed by atoms with Gasteiger partial charge in [0.2, 0.25) is 15.9 Å². The van der Waals surface area contributed by atoms with E-state index < -0.39 is 15.9 Å². The molecule has 134 valence electrons. The summed E-state index contributed by atoms with van der Waals surface area (Å²) in [5, 5.41) is 3.22. The highest BCUT2D eigenvalue weighted by Gasteiger charge is 2.21. The summed E-state index contributed by atoms with van der Waals surface area (Å²) in [6.07, 6.45) is 1.08. The molecule has 2 rings (SSSR count). The summed E-state index contributed by atoms with van der Waals surface area (Å²) < 4.78 is 25.3. The average Bonchev–Trinajstić information content (AvgIpc) is 2.54. The number of halogens is 1. The van der Waals surface area contributed by atoms with Crippen molar-refractivity contribution in [2.45, 2.75) is 19.8 Å². The molecular formula is C18H21ClN2O3S. The zero-order valence-electron chi connectivity index (χ0n) is 14.4. The summed E-state index contributed by atoms with van der Waals surface area (Å²) >= 11 is 5.81. The minimum Gasteiger partial charge on any atom is -0.325 e.